The van der Waals surface area contributed by atoms with Gasteiger partial charge in [-0.15, -0.1) is 11.3 Å². The van der Waals surface area contributed by atoms with Crippen molar-refractivity contribution in [3.05, 3.63) is 74.3 Å². The van der Waals surface area contributed by atoms with Gasteiger partial charge < -0.3 is 9.47 Å². The molecule has 1 aliphatic carbocycles. The van der Waals surface area contributed by atoms with Crippen LogP contribution < -0.4 is 15.0 Å². The third-order valence-electron chi connectivity index (χ3n) is 5.70. The van der Waals surface area contributed by atoms with Gasteiger partial charge in [-0.2, -0.15) is 0 Å². The zero-order chi connectivity index (χ0) is 22.8. The molecule has 5 rings (SSSR count). The van der Waals surface area contributed by atoms with E-state index in [1.54, 1.807) is 29.1 Å². The number of benzene rings is 2. The number of aromatic nitrogens is 2. The smallest absolute Gasteiger partial charge is 0.267 e. The Morgan fingerprint density at radius 2 is 1.91 bits per heavy atom. The van der Waals surface area contributed by atoms with Crippen molar-refractivity contribution in [2.45, 2.75) is 30.8 Å². The number of halogens is 1. The van der Waals surface area contributed by atoms with Gasteiger partial charge >= 0.3 is 0 Å². The van der Waals surface area contributed by atoms with Gasteiger partial charge in [0.1, 0.15) is 16.3 Å². The van der Waals surface area contributed by atoms with Gasteiger partial charge in [-0.3, -0.25) is 9.36 Å². The van der Waals surface area contributed by atoms with Gasteiger partial charge in [-0.25, -0.2) is 4.98 Å². The van der Waals surface area contributed by atoms with Crippen molar-refractivity contribution in [1.82, 2.24) is 9.55 Å². The lowest BCUT2D eigenvalue weighted by Crippen LogP contribution is -2.22. The number of ether oxygens (including phenoxy) is 2. The summed E-state index contributed by atoms with van der Waals surface area (Å²) >= 11 is 9.37. The maximum Gasteiger partial charge on any atom is 0.267 e. The van der Waals surface area contributed by atoms with Gasteiger partial charge in [0.05, 0.1) is 29.8 Å². The number of hydrogen-bond donors (Lipinski definition) is 0. The Kier molecular flexibility index (Phi) is 6.62. The van der Waals surface area contributed by atoms with E-state index in [0.29, 0.717) is 28.3 Å². The lowest BCUT2D eigenvalue weighted by atomic mass is 9.97. The number of para-hydroxylation sites is 1. The van der Waals surface area contributed by atoms with Crippen LogP contribution in [0, 0.1) is 0 Å². The summed E-state index contributed by atoms with van der Waals surface area (Å²) in [6.45, 7) is 0.450. The van der Waals surface area contributed by atoms with Crippen molar-refractivity contribution < 1.29 is 9.47 Å². The Balaban J connectivity index is 1.50. The van der Waals surface area contributed by atoms with E-state index in [9.17, 15) is 4.79 Å². The molecule has 0 saturated heterocycles. The van der Waals surface area contributed by atoms with Crippen LogP contribution in [0.4, 0.5) is 0 Å². The number of thiophene rings is 1. The molecule has 33 heavy (non-hydrogen) atoms. The van der Waals surface area contributed by atoms with E-state index >= 15 is 0 Å². The van der Waals surface area contributed by atoms with Crippen molar-refractivity contribution in [3.63, 3.8) is 0 Å². The SMILES string of the molecule is COc1ccc(-n2c(SCCOc3ccccc3Cl)nc3sc4c(c3c2=O)CCCC4)cc1. The van der Waals surface area contributed by atoms with Crippen LogP contribution in [0.15, 0.2) is 58.5 Å². The van der Waals surface area contributed by atoms with Crippen LogP contribution in [-0.4, -0.2) is 29.0 Å². The van der Waals surface area contributed by atoms with Crippen molar-refractivity contribution in [1.29, 1.82) is 0 Å². The maximum atomic E-state index is 13.8. The molecule has 0 amide bonds. The van der Waals surface area contributed by atoms with Gasteiger partial charge in [-0.1, -0.05) is 35.5 Å². The predicted molar refractivity (Wildman–Crippen MR) is 136 cm³/mol. The highest BCUT2D eigenvalue weighted by Crippen LogP contribution is 2.35. The van der Waals surface area contributed by atoms with Crippen molar-refractivity contribution in [3.8, 4) is 17.2 Å². The zero-order valence-electron chi connectivity index (χ0n) is 18.2. The number of nitrogens with zero attached hydrogens (tertiary/aromatic N) is 2. The first-order chi connectivity index (χ1) is 16.2. The summed E-state index contributed by atoms with van der Waals surface area (Å²) < 4.78 is 12.9. The topological polar surface area (TPSA) is 53.4 Å². The van der Waals surface area contributed by atoms with Gasteiger partial charge in [0, 0.05) is 10.6 Å². The van der Waals surface area contributed by atoms with E-state index in [4.69, 9.17) is 26.1 Å². The Hall–Kier alpha value is -2.48. The standard InChI is InChI=1S/C25H23ClN2O3S2/c1-30-17-12-10-16(11-13-17)28-24(29)22-18-6-2-5-9-21(18)33-23(22)27-25(28)32-15-14-31-20-8-4-3-7-19(20)26/h3-4,7-8,10-13H,2,5-6,9,14-15H2,1H3. The van der Waals surface area contributed by atoms with Crippen LogP contribution in [0.5, 0.6) is 11.5 Å². The number of rotatable bonds is 7. The van der Waals surface area contributed by atoms with E-state index in [-0.39, 0.29) is 5.56 Å². The summed E-state index contributed by atoms with van der Waals surface area (Å²) in [5.41, 5.74) is 1.97. The van der Waals surface area contributed by atoms with Crippen LogP contribution in [0.1, 0.15) is 23.3 Å². The highest BCUT2D eigenvalue weighted by molar-refractivity contribution is 7.99. The first-order valence-electron chi connectivity index (χ1n) is 10.9. The average molecular weight is 499 g/mol. The number of thioether (sulfide) groups is 1. The lowest BCUT2D eigenvalue weighted by Gasteiger charge is -2.14. The molecule has 0 radical (unpaired) electrons. The normalized spacial score (nSPS) is 13.2. The second-order valence-corrected chi connectivity index (χ2v) is 10.3. The summed E-state index contributed by atoms with van der Waals surface area (Å²) in [7, 11) is 1.63. The number of hydrogen-bond acceptors (Lipinski definition) is 6. The van der Waals surface area contributed by atoms with E-state index in [2.05, 4.69) is 0 Å². The lowest BCUT2D eigenvalue weighted by molar-refractivity contribution is 0.344. The molecule has 0 bridgehead atoms. The van der Waals surface area contributed by atoms with E-state index in [0.717, 1.165) is 40.9 Å². The summed E-state index contributed by atoms with van der Waals surface area (Å²) in [6, 6.07) is 14.9. The van der Waals surface area contributed by atoms with E-state index in [1.807, 2.05) is 42.5 Å². The van der Waals surface area contributed by atoms with Crippen LogP contribution in [-0.2, 0) is 12.8 Å². The molecule has 8 heteroatoms. The molecular formula is C25H23ClN2O3S2. The Morgan fingerprint density at radius 3 is 2.70 bits per heavy atom. The molecule has 0 aliphatic heterocycles. The fourth-order valence-electron chi connectivity index (χ4n) is 4.09. The second kappa shape index (κ2) is 9.79. The molecule has 4 aromatic rings. The van der Waals surface area contributed by atoms with Crippen molar-refractivity contribution in [2.24, 2.45) is 0 Å². The summed E-state index contributed by atoms with van der Waals surface area (Å²) in [6.07, 6.45) is 4.28. The fourth-order valence-corrected chi connectivity index (χ4v) is 6.41. The average Bonchev–Trinajstić information content (AvgIpc) is 3.22. The third kappa shape index (κ3) is 4.50. The molecule has 170 valence electrons. The van der Waals surface area contributed by atoms with Crippen molar-refractivity contribution in [2.75, 3.05) is 19.5 Å². The summed E-state index contributed by atoms with van der Waals surface area (Å²) in [5, 5.41) is 2.03. The van der Waals surface area contributed by atoms with Crippen LogP contribution in [0.25, 0.3) is 15.9 Å². The van der Waals surface area contributed by atoms with E-state index in [1.165, 1.54) is 28.6 Å². The molecule has 2 aromatic carbocycles. The molecule has 0 N–H and O–H groups in total. The van der Waals surface area contributed by atoms with Crippen LogP contribution >= 0.6 is 34.7 Å². The minimum Gasteiger partial charge on any atom is -0.497 e. The third-order valence-corrected chi connectivity index (χ3v) is 8.10. The quantitative estimate of drug-likeness (QED) is 0.173. The molecule has 0 spiro atoms. The van der Waals surface area contributed by atoms with Crippen LogP contribution in [0.2, 0.25) is 5.02 Å². The second-order valence-electron chi connectivity index (χ2n) is 7.75. The zero-order valence-corrected chi connectivity index (χ0v) is 20.6. The highest BCUT2D eigenvalue weighted by atomic mass is 35.5. The first-order valence-corrected chi connectivity index (χ1v) is 13.1. The maximum absolute atomic E-state index is 13.8. The monoisotopic (exact) mass is 498 g/mol. The Bertz CT molecular complexity index is 1350. The summed E-state index contributed by atoms with van der Waals surface area (Å²) in [5.74, 6) is 2.03. The first kappa shape index (κ1) is 22.3. The van der Waals surface area contributed by atoms with Crippen molar-refractivity contribution >= 4 is 44.9 Å². The Labute approximate surface area is 205 Å². The Morgan fingerprint density at radius 1 is 1.12 bits per heavy atom. The van der Waals surface area contributed by atoms with Gasteiger partial charge in [-0.05, 0) is 67.6 Å². The fraction of sp³-hybridized carbons (Fsp3) is 0.280. The molecule has 5 nitrogen and oxygen atoms in total. The molecule has 0 atom stereocenters. The summed E-state index contributed by atoms with van der Waals surface area (Å²) in [4.78, 5) is 20.9. The molecule has 0 saturated carbocycles. The molecule has 0 fully saturated rings. The molecular weight excluding hydrogens is 476 g/mol. The predicted octanol–water partition coefficient (Wildman–Crippen LogP) is 6.16. The van der Waals surface area contributed by atoms with Gasteiger partial charge in [0.15, 0.2) is 5.16 Å². The minimum atomic E-state index is -0.000843. The van der Waals surface area contributed by atoms with Gasteiger partial charge in [0.2, 0.25) is 0 Å². The number of fused-ring (bicyclic) bond motifs is 3. The van der Waals surface area contributed by atoms with E-state index < -0.39 is 0 Å². The number of methoxy groups -OCH3 is 1. The highest BCUT2D eigenvalue weighted by Gasteiger charge is 2.23. The molecule has 1 aliphatic rings. The molecule has 0 unspecified atom stereocenters. The van der Waals surface area contributed by atoms with Crippen LogP contribution in [0.3, 0.4) is 0 Å². The molecule has 2 heterocycles. The largest absolute Gasteiger partial charge is 0.497 e. The minimum absolute atomic E-state index is 0.000843. The van der Waals surface area contributed by atoms with Gasteiger partial charge in [0.25, 0.3) is 5.56 Å². The number of aryl methyl sites for hydroxylation is 2. The molecule has 2 aromatic heterocycles.